The second kappa shape index (κ2) is 4.77. The van der Waals surface area contributed by atoms with Gasteiger partial charge in [-0.15, -0.1) is 6.42 Å². The second-order valence-corrected chi connectivity index (χ2v) is 8.25. The average Bonchev–Trinajstić information content (AvgIpc) is 2.81. The lowest BCUT2D eigenvalue weighted by molar-refractivity contribution is -0.0647. The molecule has 3 aliphatic carbocycles. The Hall–Kier alpha value is -1.46. The minimum absolute atomic E-state index is 0.133. The van der Waals surface area contributed by atoms with Gasteiger partial charge in [-0.25, -0.2) is 0 Å². The van der Waals surface area contributed by atoms with Crippen LogP contribution in [0.25, 0.3) is 0 Å². The van der Waals surface area contributed by atoms with Crippen molar-refractivity contribution in [2.45, 2.75) is 63.9 Å². The van der Waals surface area contributed by atoms with Crippen LogP contribution in [-0.2, 0) is 6.42 Å². The third kappa shape index (κ3) is 1.86. The van der Waals surface area contributed by atoms with Crippen molar-refractivity contribution in [1.29, 1.82) is 0 Å². The molecule has 0 bridgehead atoms. The molecule has 122 valence electrons. The summed E-state index contributed by atoms with van der Waals surface area (Å²) in [6.07, 6.45) is 11.8. The Labute approximate surface area is 138 Å². The Morgan fingerprint density at radius 3 is 2.74 bits per heavy atom. The number of fused-ring (bicyclic) bond motifs is 5. The Kier molecular flexibility index (Phi) is 3.13. The van der Waals surface area contributed by atoms with Crippen LogP contribution in [0.5, 0.6) is 5.75 Å². The van der Waals surface area contributed by atoms with Crippen LogP contribution in [-0.4, -0.2) is 15.8 Å². The Morgan fingerprint density at radius 2 is 2.00 bits per heavy atom. The quantitative estimate of drug-likeness (QED) is 0.713. The number of phenolic OH excluding ortho intramolecular Hbond substituents is 1. The Bertz CT molecular complexity index is 701. The second-order valence-electron chi connectivity index (χ2n) is 8.25. The Balaban J connectivity index is 1.74. The number of hydrogen-bond acceptors (Lipinski definition) is 2. The summed E-state index contributed by atoms with van der Waals surface area (Å²) in [6, 6.07) is 4.17. The van der Waals surface area contributed by atoms with Gasteiger partial charge in [0.25, 0.3) is 0 Å². The fourth-order valence-electron chi connectivity index (χ4n) is 5.98. The molecule has 0 aliphatic heterocycles. The molecule has 2 fully saturated rings. The van der Waals surface area contributed by atoms with Crippen LogP contribution in [0.2, 0.25) is 0 Å². The molecule has 1 aromatic carbocycles. The molecule has 2 heteroatoms. The molecule has 0 unspecified atom stereocenters. The highest BCUT2D eigenvalue weighted by molar-refractivity contribution is 5.45. The van der Waals surface area contributed by atoms with E-state index in [0.717, 1.165) is 44.1 Å². The van der Waals surface area contributed by atoms with Gasteiger partial charge in [-0.3, -0.25) is 0 Å². The van der Waals surface area contributed by atoms with Crippen LogP contribution >= 0.6 is 0 Å². The van der Waals surface area contributed by atoms with Crippen molar-refractivity contribution >= 4 is 0 Å². The molecule has 0 aromatic heterocycles. The number of benzene rings is 1. The minimum atomic E-state index is -0.923. The minimum Gasteiger partial charge on any atom is -0.508 e. The van der Waals surface area contributed by atoms with E-state index in [-0.39, 0.29) is 5.41 Å². The fourth-order valence-corrected chi connectivity index (χ4v) is 5.98. The van der Waals surface area contributed by atoms with Crippen molar-refractivity contribution < 1.29 is 10.2 Å². The fraction of sp³-hybridized carbons (Fsp3) is 0.619. The molecule has 1 aromatic rings. The number of hydrogen-bond donors (Lipinski definition) is 2. The maximum atomic E-state index is 11.0. The molecular weight excluding hydrogens is 284 g/mol. The van der Waals surface area contributed by atoms with Crippen LogP contribution in [0.3, 0.4) is 0 Å². The predicted octanol–water partition coefficient (Wildman–Crippen LogP) is 3.92. The lowest BCUT2D eigenvalue weighted by Gasteiger charge is -2.52. The summed E-state index contributed by atoms with van der Waals surface area (Å²) < 4.78 is 0. The van der Waals surface area contributed by atoms with Gasteiger partial charge in [-0.05, 0) is 86.0 Å². The largest absolute Gasteiger partial charge is 0.508 e. The smallest absolute Gasteiger partial charge is 0.130 e. The summed E-state index contributed by atoms with van der Waals surface area (Å²) in [7, 11) is 0. The lowest BCUT2D eigenvalue weighted by atomic mass is 9.53. The first-order valence-corrected chi connectivity index (χ1v) is 8.92. The van der Waals surface area contributed by atoms with E-state index in [1.165, 1.54) is 11.1 Å². The zero-order valence-corrected chi connectivity index (χ0v) is 14.1. The van der Waals surface area contributed by atoms with Crippen LogP contribution in [0.1, 0.15) is 61.6 Å². The van der Waals surface area contributed by atoms with Crippen molar-refractivity contribution in [3.8, 4) is 18.1 Å². The maximum absolute atomic E-state index is 11.0. The third-order valence-electron chi connectivity index (χ3n) is 7.43. The van der Waals surface area contributed by atoms with E-state index in [2.05, 4.69) is 18.9 Å². The standard InChI is InChI=1S/C21H26O2/c1-4-21(23)10-8-18-16-6-5-14-12-19(22)13(2)11-17(14)15(16)7-9-20(18,21)3/h1,11-12,15-16,18,22-23H,5-10H2,2-3H3/t15-,16-,18+,20-,21-/m1/s1. The van der Waals surface area contributed by atoms with Crippen molar-refractivity contribution in [2.75, 3.05) is 0 Å². The summed E-state index contributed by atoms with van der Waals surface area (Å²) in [6.45, 7) is 4.21. The van der Waals surface area contributed by atoms with E-state index in [1.54, 1.807) is 0 Å². The van der Waals surface area contributed by atoms with Crippen LogP contribution in [0, 0.1) is 36.5 Å². The molecule has 0 amide bonds. The van der Waals surface area contributed by atoms with Crippen LogP contribution in [0.4, 0.5) is 0 Å². The number of rotatable bonds is 0. The number of phenols is 1. The summed E-state index contributed by atoms with van der Waals surface area (Å²) in [4.78, 5) is 0. The molecule has 0 spiro atoms. The highest BCUT2D eigenvalue weighted by Gasteiger charge is 2.61. The molecule has 0 heterocycles. The van der Waals surface area contributed by atoms with E-state index in [9.17, 15) is 10.2 Å². The summed E-state index contributed by atoms with van der Waals surface area (Å²) in [5.74, 6) is 4.86. The van der Waals surface area contributed by atoms with E-state index < -0.39 is 5.60 Å². The first kappa shape index (κ1) is 15.1. The SMILES string of the molecule is C#C[C@@]1(O)CC[C@H]2[C@@H]3CCc4cc(O)c(C)cc4[C@@H]3CC[C@]21C. The number of terminal acetylenes is 1. The van der Waals surface area contributed by atoms with E-state index in [4.69, 9.17) is 6.42 Å². The average molecular weight is 310 g/mol. The Morgan fingerprint density at radius 1 is 1.22 bits per heavy atom. The molecule has 2 N–H and O–H groups in total. The lowest BCUT2D eigenvalue weighted by Crippen LogP contribution is -2.50. The summed E-state index contributed by atoms with van der Waals surface area (Å²) in [5.41, 5.74) is 2.68. The van der Waals surface area contributed by atoms with Gasteiger partial charge >= 0.3 is 0 Å². The van der Waals surface area contributed by atoms with Gasteiger partial charge in [0.05, 0.1) is 0 Å². The number of aryl methyl sites for hydroxylation is 2. The van der Waals surface area contributed by atoms with E-state index >= 15 is 0 Å². The van der Waals surface area contributed by atoms with Gasteiger partial charge in [0.15, 0.2) is 0 Å². The van der Waals surface area contributed by atoms with Gasteiger partial charge in [-0.2, -0.15) is 0 Å². The monoisotopic (exact) mass is 310 g/mol. The third-order valence-corrected chi connectivity index (χ3v) is 7.43. The van der Waals surface area contributed by atoms with E-state index in [0.29, 0.717) is 23.5 Å². The first-order valence-electron chi connectivity index (χ1n) is 8.92. The zero-order valence-electron chi connectivity index (χ0n) is 14.1. The number of aromatic hydroxyl groups is 1. The van der Waals surface area contributed by atoms with Crippen LogP contribution in [0.15, 0.2) is 12.1 Å². The van der Waals surface area contributed by atoms with E-state index in [1.807, 2.05) is 13.0 Å². The molecule has 23 heavy (non-hydrogen) atoms. The maximum Gasteiger partial charge on any atom is 0.130 e. The van der Waals surface area contributed by atoms with Crippen molar-refractivity contribution in [3.05, 3.63) is 28.8 Å². The highest BCUT2D eigenvalue weighted by Crippen LogP contribution is 2.64. The molecule has 0 saturated heterocycles. The van der Waals surface area contributed by atoms with Gasteiger partial charge in [0.1, 0.15) is 11.4 Å². The molecule has 4 rings (SSSR count). The van der Waals surface area contributed by atoms with Gasteiger partial charge in [0, 0.05) is 5.41 Å². The van der Waals surface area contributed by atoms with Crippen molar-refractivity contribution in [3.63, 3.8) is 0 Å². The topological polar surface area (TPSA) is 40.5 Å². The molecule has 2 nitrogen and oxygen atoms in total. The molecule has 5 atom stereocenters. The van der Waals surface area contributed by atoms with Crippen molar-refractivity contribution in [1.82, 2.24) is 0 Å². The predicted molar refractivity (Wildman–Crippen MR) is 91.2 cm³/mol. The van der Waals surface area contributed by atoms with Gasteiger partial charge < -0.3 is 10.2 Å². The van der Waals surface area contributed by atoms with Crippen LogP contribution < -0.4 is 0 Å². The summed E-state index contributed by atoms with van der Waals surface area (Å²) >= 11 is 0. The van der Waals surface area contributed by atoms with Crippen molar-refractivity contribution in [2.24, 2.45) is 17.3 Å². The van der Waals surface area contributed by atoms with Gasteiger partial charge in [0.2, 0.25) is 0 Å². The molecular formula is C21H26O2. The molecule has 3 aliphatic rings. The normalized spacial score (nSPS) is 41.6. The summed E-state index contributed by atoms with van der Waals surface area (Å²) in [5, 5.41) is 21.0. The molecule has 2 saturated carbocycles. The van der Waals surface area contributed by atoms with Gasteiger partial charge in [-0.1, -0.05) is 18.9 Å². The molecule has 0 radical (unpaired) electrons. The highest BCUT2D eigenvalue weighted by atomic mass is 16.3. The first-order chi connectivity index (χ1) is 10.9. The number of aliphatic hydroxyl groups is 1. The zero-order chi connectivity index (χ0) is 16.4.